The van der Waals surface area contributed by atoms with Crippen LogP contribution in [0.1, 0.15) is 19.4 Å². The van der Waals surface area contributed by atoms with Gasteiger partial charge in [0.05, 0.1) is 23.8 Å². The molecule has 1 aliphatic heterocycles. The van der Waals surface area contributed by atoms with Gasteiger partial charge in [-0.3, -0.25) is 4.98 Å². The Bertz CT molecular complexity index is 589. The van der Waals surface area contributed by atoms with Gasteiger partial charge in [0.25, 0.3) is 0 Å². The Morgan fingerprint density at radius 3 is 3.29 bits per heavy atom. The minimum absolute atomic E-state index is 0.424. The lowest BCUT2D eigenvalue weighted by Crippen LogP contribution is -2.28. The Morgan fingerprint density at radius 2 is 2.47 bits per heavy atom. The quantitative estimate of drug-likeness (QED) is 0.790. The van der Waals surface area contributed by atoms with E-state index < -0.39 is 0 Å². The van der Waals surface area contributed by atoms with E-state index in [1.54, 1.807) is 0 Å². The van der Waals surface area contributed by atoms with Crippen molar-refractivity contribution in [2.45, 2.75) is 19.4 Å². The van der Waals surface area contributed by atoms with Crippen molar-refractivity contribution in [2.75, 3.05) is 13.2 Å². The summed E-state index contributed by atoms with van der Waals surface area (Å²) in [6, 6.07) is 2.44. The molecule has 2 aromatic heterocycles. The SMILES string of the molecule is CC1COCCC1n1c(=S)[nH]c2cnccc21. The molecule has 2 aromatic rings. The fraction of sp³-hybridized carbons (Fsp3) is 0.500. The summed E-state index contributed by atoms with van der Waals surface area (Å²) in [6.07, 6.45) is 4.65. The number of fused-ring (bicyclic) bond motifs is 1. The third-order valence-electron chi connectivity index (χ3n) is 3.45. The van der Waals surface area contributed by atoms with Gasteiger partial charge in [-0.05, 0) is 24.7 Å². The highest BCUT2D eigenvalue weighted by Gasteiger charge is 2.25. The first kappa shape index (κ1) is 10.9. The van der Waals surface area contributed by atoms with E-state index in [1.165, 1.54) is 0 Å². The summed E-state index contributed by atoms with van der Waals surface area (Å²) in [5.41, 5.74) is 2.15. The van der Waals surface area contributed by atoms with Crippen molar-refractivity contribution in [1.82, 2.24) is 14.5 Å². The molecule has 0 radical (unpaired) electrons. The van der Waals surface area contributed by atoms with E-state index in [0.29, 0.717) is 12.0 Å². The molecule has 1 aliphatic rings. The van der Waals surface area contributed by atoms with Crippen molar-refractivity contribution in [1.29, 1.82) is 0 Å². The lowest BCUT2D eigenvalue weighted by atomic mass is 9.97. The van der Waals surface area contributed by atoms with Crippen molar-refractivity contribution < 1.29 is 4.74 Å². The molecule has 1 fully saturated rings. The van der Waals surface area contributed by atoms with Gasteiger partial charge in [-0.2, -0.15) is 0 Å². The molecule has 4 nitrogen and oxygen atoms in total. The number of pyridine rings is 1. The van der Waals surface area contributed by atoms with Crippen LogP contribution in [-0.4, -0.2) is 27.7 Å². The van der Waals surface area contributed by atoms with Gasteiger partial charge >= 0.3 is 0 Å². The van der Waals surface area contributed by atoms with Crippen LogP contribution < -0.4 is 0 Å². The minimum Gasteiger partial charge on any atom is -0.381 e. The maximum Gasteiger partial charge on any atom is 0.178 e. The summed E-state index contributed by atoms with van der Waals surface area (Å²) in [7, 11) is 0. The monoisotopic (exact) mass is 249 g/mol. The third-order valence-corrected chi connectivity index (χ3v) is 3.74. The van der Waals surface area contributed by atoms with Crippen LogP contribution >= 0.6 is 12.2 Å². The molecule has 0 spiro atoms. The van der Waals surface area contributed by atoms with Gasteiger partial charge in [-0.1, -0.05) is 6.92 Å². The largest absolute Gasteiger partial charge is 0.381 e. The number of nitrogens with one attached hydrogen (secondary N) is 1. The zero-order chi connectivity index (χ0) is 11.8. The van der Waals surface area contributed by atoms with Crippen LogP contribution in [0.15, 0.2) is 18.5 Å². The third kappa shape index (κ3) is 1.79. The van der Waals surface area contributed by atoms with Crippen molar-refractivity contribution in [3.8, 4) is 0 Å². The van der Waals surface area contributed by atoms with Gasteiger partial charge in [0.15, 0.2) is 4.77 Å². The van der Waals surface area contributed by atoms with Crippen LogP contribution in [0.25, 0.3) is 11.0 Å². The van der Waals surface area contributed by atoms with Gasteiger partial charge in [0.1, 0.15) is 0 Å². The summed E-state index contributed by atoms with van der Waals surface area (Å²) >= 11 is 5.43. The molecule has 0 bridgehead atoms. The fourth-order valence-electron chi connectivity index (χ4n) is 2.56. The summed E-state index contributed by atoms with van der Waals surface area (Å²) in [6.45, 7) is 3.84. The molecule has 0 saturated carbocycles. The lowest BCUT2D eigenvalue weighted by Gasteiger charge is -2.30. The number of ether oxygens (including phenoxy) is 1. The average molecular weight is 249 g/mol. The van der Waals surface area contributed by atoms with E-state index in [9.17, 15) is 0 Å². The molecule has 3 heterocycles. The molecule has 0 amide bonds. The second-order valence-electron chi connectivity index (χ2n) is 4.60. The van der Waals surface area contributed by atoms with E-state index in [0.717, 1.165) is 35.4 Å². The molecule has 2 atom stereocenters. The van der Waals surface area contributed by atoms with Crippen LogP contribution in [0, 0.1) is 10.7 Å². The highest BCUT2D eigenvalue weighted by Crippen LogP contribution is 2.30. The normalized spacial score (nSPS) is 25.2. The Morgan fingerprint density at radius 1 is 1.59 bits per heavy atom. The number of aromatic nitrogens is 3. The molecular weight excluding hydrogens is 234 g/mol. The van der Waals surface area contributed by atoms with Crippen LogP contribution in [0.4, 0.5) is 0 Å². The van der Waals surface area contributed by atoms with Crippen LogP contribution in [0.3, 0.4) is 0 Å². The van der Waals surface area contributed by atoms with E-state index in [-0.39, 0.29) is 0 Å². The molecule has 1 N–H and O–H groups in total. The molecule has 2 unspecified atom stereocenters. The lowest BCUT2D eigenvalue weighted by molar-refractivity contribution is 0.0294. The Kier molecular flexibility index (Phi) is 2.72. The van der Waals surface area contributed by atoms with E-state index >= 15 is 0 Å². The first-order chi connectivity index (χ1) is 8.27. The molecular formula is C12H15N3OS. The van der Waals surface area contributed by atoms with Gasteiger partial charge < -0.3 is 14.3 Å². The zero-order valence-electron chi connectivity index (χ0n) is 9.72. The molecule has 3 rings (SSSR count). The van der Waals surface area contributed by atoms with Crippen molar-refractivity contribution in [3.63, 3.8) is 0 Å². The van der Waals surface area contributed by atoms with E-state index in [1.807, 2.05) is 18.5 Å². The predicted molar refractivity (Wildman–Crippen MR) is 68.6 cm³/mol. The first-order valence-electron chi connectivity index (χ1n) is 5.89. The van der Waals surface area contributed by atoms with Crippen molar-refractivity contribution in [3.05, 3.63) is 23.2 Å². The van der Waals surface area contributed by atoms with Crippen molar-refractivity contribution in [2.24, 2.45) is 5.92 Å². The Balaban J connectivity index is 2.15. The van der Waals surface area contributed by atoms with E-state index in [4.69, 9.17) is 17.0 Å². The number of imidazole rings is 1. The van der Waals surface area contributed by atoms with Gasteiger partial charge in [-0.15, -0.1) is 0 Å². The first-order valence-corrected chi connectivity index (χ1v) is 6.30. The number of hydrogen-bond acceptors (Lipinski definition) is 3. The van der Waals surface area contributed by atoms with Crippen LogP contribution in [0.2, 0.25) is 0 Å². The molecule has 0 aromatic carbocycles. The van der Waals surface area contributed by atoms with Gasteiger partial charge in [0.2, 0.25) is 0 Å². The molecule has 90 valence electrons. The highest BCUT2D eigenvalue weighted by atomic mass is 32.1. The smallest absolute Gasteiger partial charge is 0.178 e. The highest BCUT2D eigenvalue weighted by molar-refractivity contribution is 7.71. The van der Waals surface area contributed by atoms with Crippen LogP contribution in [0.5, 0.6) is 0 Å². The molecule has 5 heteroatoms. The summed E-state index contributed by atoms with van der Waals surface area (Å²) in [5, 5.41) is 0. The summed E-state index contributed by atoms with van der Waals surface area (Å²) < 4.78 is 8.50. The van der Waals surface area contributed by atoms with Crippen LogP contribution in [-0.2, 0) is 4.74 Å². The number of nitrogens with zero attached hydrogens (tertiary/aromatic N) is 2. The second-order valence-corrected chi connectivity index (χ2v) is 4.99. The maximum atomic E-state index is 5.49. The summed E-state index contributed by atoms with van der Waals surface area (Å²) in [5.74, 6) is 0.489. The number of rotatable bonds is 1. The number of hydrogen-bond donors (Lipinski definition) is 1. The predicted octanol–water partition coefficient (Wildman–Crippen LogP) is 2.69. The molecule has 0 aliphatic carbocycles. The minimum atomic E-state index is 0.424. The Hall–Kier alpha value is -1.20. The maximum absolute atomic E-state index is 5.49. The van der Waals surface area contributed by atoms with Gasteiger partial charge in [-0.25, -0.2) is 0 Å². The van der Waals surface area contributed by atoms with Crippen molar-refractivity contribution >= 4 is 23.3 Å². The number of aromatic amines is 1. The Labute approximate surface area is 105 Å². The fourth-order valence-corrected chi connectivity index (χ4v) is 2.90. The van der Waals surface area contributed by atoms with E-state index in [2.05, 4.69) is 21.5 Å². The standard InChI is InChI=1S/C12H15N3OS/c1-8-7-16-5-3-10(8)15-11-2-4-13-6-9(11)14-12(15)17/h2,4,6,8,10H,3,5,7H2,1H3,(H,14,17). The second kappa shape index (κ2) is 4.23. The molecule has 1 saturated heterocycles. The average Bonchev–Trinajstić information content (AvgIpc) is 2.66. The topological polar surface area (TPSA) is 42.8 Å². The van der Waals surface area contributed by atoms with Gasteiger partial charge in [0, 0.05) is 24.8 Å². The zero-order valence-corrected chi connectivity index (χ0v) is 10.5. The summed E-state index contributed by atoms with van der Waals surface area (Å²) in [4.78, 5) is 7.34. The number of H-pyrrole nitrogens is 1. The molecule has 17 heavy (non-hydrogen) atoms.